The van der Waals surface area contributed by atoms with Crippen LogP contribution in [0.1, 0.15) is 5.56 Å². The van der Waals surface area contributed by atoms with E-state index < -0.39 is 10.1 Å². The molecule has 0 aromatic heterocycles. The minimum atomic E-state index is -3.77. The van der Waals surface area contributed by atoms with E-state index in [4.69, 9.17) is 4.18 Å². The van der Waals surface area contributed by atoms with E-state index in [-0.39, 0.29) is 23.6 Å². The lowest BCUT2D eigenvalue weighted by molar-refractivity contribution is 0.225. The van der Waals surface area contributed by atoms with Crippen molar-refractivity contribution in [1.82, 2.24) is 10.2 Å². The lowest BCUT2D eigenvalue weighted by atomic mass is 10.2. The lowest BCUT2D eigenvalue weighted by Gasteiger charge is -2.10. The molecular weight excluding hydrogens is 268 g/mol. The van der Waals surface area contributed by atoms with E-state index in [0.29, 0.717) is 6.54 Å². The van der Waals surface area contributed by atoms with Crippen LogP contribution in [0.2, 0.25) is 0 Å². The van der Waals surface area contributed by atoms with Gasteiger partial charge in [-0.05, 0) is 19.1 Å². The number of amides is 2. The molecule has 104 valence electrons. The van der Waals surface area contributed by atoms with Gasteiger partial charge in [-0.1, -0.05) is 17.7 Å². The van der Waals surface area contributed by atoms with Gasteiger partial charge >= 0.3 is 6.03 Å². The third-order valence-electron chi connectivity index (χ3n) is 2.90. The number of carbonyl (C=O) groups excluding carboxylic acids is 1. The number of nitrogens with zero attached hydrogens (tertiary/aromatic N) is 1. The van der Waals surface area contributed by atoms with Crippen molar-refractivity contribution in [3.8, 4) is 0 Å². The van der Waals surface area contributed by atoms with Gasteiger partial charge in [-0.2, -0.15) is 8.42 Å². The van der Waals surface area contributed by atoms with E-state index in [1.165, 1.54) is 17.0 Å². The molecule has 6 nitrogen and oxygen atoms in total. The predicted octanol–water partition coefficient (Wildman–Crippen LogP) is 0.724. The fourth-order valence-corrected chi connectivity index (χ4v) is 2.73. The summed E-state index contributed by atoms with van der Waals surface area (Å²) < 4.78 is 28.8. The highest BCUT2D eigenvalue weighted by Gasteiger charge is 2.27. The zero-order chi connectivity index (χ0) is 14.0. The number of urea groups is 1. The molecular formula is C12H16N2O4S. The minimum absolute atomic E-state index is 0.0632. The van der Waals surface area contributed by atoms with Crippen molar-refractivity contribution < 1.29 is 17.4 Å². The first-order chi connectivity index (χ1) is 8.88. The Balaban J connectivity index is 1.99. The van der Waals surface area contributed by atoms with Crippen LogP contribution in [0.15, 0.2) is 29.2 Å². The second-order valence-electron chi connectivity index (χ2n) is 4.58. The van der Waals surface area contributed by atoms with Crippen LogP contribution in [-0.4, -0.2) is 45.6 Å². The zero-order valence-electron chi connectivity index (χ0n) is 10.8. The summed E-state index contributed by atoms with van der Waals surface area (Å²) in [4.78, 5) is 12.8. The normalized spacial score (nSPS) is 19.6. The van der Waals surface area contributed by atoms with Gasteiger partial charge in [0.15, 0.2) is 0 Å². The van der Waals surface area contributed by atoms with Gasteiger partial charge in [-0.15, -0.1) is 0 Å². The summed E-state index contributed by atoms with van der Waals surface area (Å²) in [5, 5.41) is 2.63. The van der Waals surface area contributed by atoms with Gasteiger partial charge in [0.1, 0.15) is 0 Å². The van der Waals surface area contributed by atoms with Crippen LogP contribution < -0.4 is 5.32 Å². The molecule has 0 radical (unpaired) electrons. The molecule has 0 saturated carbocycles. The van der Waals surface area contributed by atoms with Gasteiger partial charge in [0.2, 0.25) is 0 Å². The molecule has 1 aromatic carbocycles. The standard InChI is InChI=1S/C12H16N2O4S/c1-9-3-5-11(6-4-9)19(16,17)18-8-10-7-14(2)12(15)13-10/h3-6,10H,7-8H2,1-2H3,(H,13,15)/t10-/m0/s1. The molecule has 2 amide bonds. The van der Waals surface area contributed by atoms with Crippen molar-refractivity contribution in [1.29, 1.82) is 0 Å². The van der Waals surface area contributed by atoms with E-state index in [0.717, 1.165) is 5.56 Å². The quantitative estimate of drug-likeness (QED) is 0.827. The molecule has 0 aliphatic carbocycles. The number of nitrogens with one attached hydrogen (secondary N) is 1. The van der Waals surface area contributed by atoms with Crippen molar-refractivity contribution >= 4 is 16.1 Å². The molecule has 7 heteroatoms. The number of aryl methyl sites for hydroxylation is 1. The summed E-state index contributed by atoms with van der Waals surface area (Å²) in [6, 6.07) is 5.90. The Bertz CT molecular complexity index is 568. The van der Waals surface area contributed by atoms with Crippen LogP contribution >= 0.6 is 0 Å². The molecule has 1 aromatic rings. The van der Waals surface area contributed by atoms with E-state index in [9.17, 15) is 13.2 Å². The van der Waals surface area contributed by atoms with E-state index in [2.05, 4.69) is 5.32 Å². The van der Waals surface area contributed by atoms with Gasteiger partial charge in [-0.25, -0.2) is 4.79 Å². The average Bonchev–Trinajstić information content (AvgIpc) is 2.67. The number of likely N-dealkylation sites (N-methyl/N-ethyl adjacent to an activating group) is 1. The van der Waals surface area contributed by atoms with Crippen molar-refractivity contribution in [2.75, 3.05) is 20.2 Å². The molecule has 1 atom stereocenters. The van der Waals surface area contributed by atoms with Crippen molar-refractivity contribution in [2.24, 2.45) is 0 Å². The monoisotopic (exact) mass is 284 g/mol. The largest absolute Gasteiger partial charge is 0.331 e. The third-order valence-corrected chi connectivity index (χ3v) is 4.20. The molecule has 19 heavy (non-hydrogen) atoms. The van der Waals surface area contributed by atoms with Crippen LogP contribution in [-0.2, 0) is 14.3 Å². The molecule has 2 rings (SSSR count). The minimum Gasteiger partial charge on any atom is -0.331 e. The molecule has 1 saturated heterocycles. The van der Waals surface area contributed by atoms with Gasteiger partial charge in [0.25, 0.3) is 10.1 Å². The van der Waals surface area contributed by atoms with Crippen molar-refractivity contribution in [3.63, 3.8) is 0 Å². The summed E-state index contributed by atoms with van der Waals surface area (Å²) >= 11 is 0. The summed E-state index contributed by atoms with van der Waals surface area (Å²) in [6.45, 7) is 2.25. The molecule has 1 fully saturated rings. The first-order valence-electron chi connectivity index (χ1n) is 5.86. The van der Waals surface area contributed by atoms with Gasteiger partial charge < -0.3 is 10.2 Å². The highest BCUT2D eigenvalue weighted by Crippen LogP contribution is 2.14. The van der Waals surface area contributed by atoms with Gasteiger partial charge in [0, 0.05) is 13.6 Å². The Kier molecular flexibility index (Phi) is 3.77. The maximum Gasteiger partial charge on any atom is 0.317 e. The maximum absolute atomic E-state index is 11.9. The Hall–Kier alpha value is -1.60. The Morgan fingerprint density at radius 2 is 2.00 bits per heavy atom. The summed E-state index contributed by atoms with van der Waals surface area (Å²) in [5.41, 5.74) is 0.976. The molecule has 1 aliphatic rings. The number of hydrogen-bond acceptors (Lipinski definition) is 4. The highest BCUT2D eigenvalue weighted by molar-refractivity contribution is 7.86. The van der Waals surface area contributed by atoms with Crippen LogP contribution in [0.4, 0.5) is 4.79 Å². The van der Waals surface area contributed by atoms with E-state index >= 15 is 0 Å². The molecule has 1 aliphatic heterocycles. The Labute approximate surface area is 112 Å². The number of carbonyl (C=O) groups is 1. The van der Waals surface area contributed by atoms with Gasteiger partial charge in [-0.3, -0.25) is 4.18 Å². The summed E-state index contributed by atoms with van der Waals surface area (Å²) in [7, 11) is -2.13. The Morgan fingerprint density at radius 3 is 2.53 bits per heavy atom. The molecule has 1 N–H and O–H groups in total. The topological polar surface area (TPSA) is 75.7 Å². The second kappa shape index (κ2) is 5.18. The average molecular weight is 284 g/mol. The van der Waals surface area contributed by atoms with Crippen LogP contribution in [0.3, 0.4) is 0 Å². The molecule has 0 spiro atoms. The number of rotatable bonds is 4. The van der Waals surface area contributed by atoms with Crippen molar-refractivity contribution in [2.45, 2.75) is 17.9 Å². The van der Waals surface area contributed by atoms with Crippen molar-refractivity contribution in [3.05, 3.63) is 29.8 Å². The fraction of sp³-hybridized carbons (Fsp3) is 0.417. The first kappa shape index (κ1) is 13.8. The molecule has 0 bridgehead atoms. The van der Waals surface area contributed by atoms with Crippen LogP contribution in [0.5, 0.6) is 0 Å². The fourth-order valence-electron chi connectivity index (χ4n) is 1.78. The third kappa shape index (κ3) is 3.24. The number of benzene rings is 1. The SMILES string of the molecule is Cc1ccc(S(=O)(=O)OC[C@@H]2CN(C)C(=O)N2)cc1. The second-order valence-corrected chi connectivity index (χ2v) is 6.19. The zero-order valence-corrected chi connectivity index (χ0v) is 11.6. The summed E-state index contributed by atoms with van der Waals surface area (Å²) in [5.74, 6) is 0. The van der Waals surface area contributed by atoms with E-state index in [1.54, 1.807) is 19.2 Å². The smallest absolute Gasteiger partial charge is 0.317 e. The van der Waals surface area contributed by atoms with Crippen LogP contribution in [0, 0.1) is 6.92 Å². The molecule has 0 unspecified atom stereocenters. The highest BCUT2D eigenvalue weighted by atomic mass is 32.2. The summed E-state index contributed by atoms with van der Waals surface area (Å²) in [6.07, 6.45) is 0. The van der Waals surface area contributed by atoms with Crippen LogP contribution in [0.25, 0.3) is 0 Å². The first-order valence-corrected chi connectivity index (χ1v) is 7.27. The maximum atomic E-state index is 11.9. The van der Waals surface area contributed by atoms with Gasteiger partial charge in [0.05, 0.1) is 17.5 Å². The van der Waals surface area contributed by atoms with E-state index in [1.807, 2.05) is 6.92 Å². The predicted molar refractivity (Wildman–Crippen MR) is 69.3 cm³/mol. The lowest BCUT2D eigenvalue weighted by Crippen LogP contribution is -2.32. The Morgan fingerprint density at radius 1 is 1.37 bits per heavy atom. The number of hydrogen-bond donors (Lipinski definition) is 1. The molecule has 1 heterocycles.